The minimum atomic E-state index is -1.18. The van der Waals surface area contributed by atoms with Crippen molar-refractivity contribution in [1.29, 1.82) is 0 Å². The number of nitrogens with one attached hydrogen (secondary N) is 1. The summed E-state index contributed by atoms with van der Waals surface area (Å²) in [5.41, 5.74) is 10.2. The number of benzene rings is 4. The molecule has 462 valence electrons. The van der Waals surface area contributed by atoms with Crippen molar-refractivity contribution in [2.24, 2.45) is 0 Å². The number of allylic oxidation sites excluding steroid dienone is 4. The molecule has 89 heavy (non-hydrogen) atoms. The van der Waals surface area contributed by atoms with Crippen molar-refractivity contribution in [3.05, 3.63) is 259 Å². The van der Waals surface area contributed by atoms with E-state index in [0.29, 0.717) is 88.6 Å². The Balaban J connectivity index is 0.000000154. The van der Waals surface area contributed by atoms with Crippen molar-refractivity contribution >= 4 is 40.5 Å². The minimum absolute atomic E-state index is 0.284. The molecule has 3 heterocycles. The fourth-order valence-corrected chi connectivity index (χ4v) is 12.6. The van der Waals surface area contributed by atoms with Gasteiger partial charge >= 0.3 is 17.9 Å². The SMILES string of the molecule is COC(=O)[C@]1(c2cccc(F)c2C)C=C(C)CC1.COC(=O)[C@]1(c2cccc(F)c2C)C=C(c2ccc(C)nc2)CC1.Cc1c(F)cccc1[C@@]1(C(=O)NO)C=C(c2ccc(F)nc2)CC1.Cc1ccc(C2=C[C@](C(=O)O)(c3cccc(F)c3C)CC2)cn1. The Kier molecular flexibility index (Phi) is 20.3. The number of aromatic nitrogens is 3. The van der Waals surface area contributed by atoms with Crippen LogP contribution in [0.25, 0.3) is 16.7 Å². The molecule has 3 N–H and O–H groups in total. The molecule has 12 nitrogen and oxygen atoms in total. The molecular formula is C72H71F5N4O8. The van der Waals surface area contributed by atoms with Gasteiger partial charge < -0.3 is 14.6 Å². The van der Waals surface area contributed by atoms with E-state index in [1.807, 2.05) is 75.5 Å². The van der Waals surface area contributed by atoms with E-state index in [4.69, 9.17) is 9.47 Å². The lowest BCUT2D eigenvalue weighted by Gasteiger charge is -2.27. The van der Waals surface area contributed by atoms with Crippen LogP contribution in [-0.4, -0.2) is 63.3 Å². The number of carboxylic acid groups (broad SMARTS) is 1. The number of carbonyl (C=O) groups excluding carboxylic acids is 3. The summed E-state index contributed by atoms with van der Waals surface area (Å²) in [6.45, 7) is 12.5. The normalized spacial score (nSPS) is 20.6. The van der Waals surface area contributed by atoms with Crippen LogP contribution >= 0.6 is 0 Å². The Morgan fingerprint density at radius 1 is 0.438 bits per heavy atom. The molecule has 0 saturated heterocycles. The number of halogens is 5. The zero-order valence-corrected chi connectivity index (χ0v) is 51.2. The van der Waals surface area contributed by atoms with Gasteiger partial charge in [0, 0.05) is 30.0 Å². The number of aliphatic carboxylic acids is 1. The maximum Gasteiger partial charge on any atom is 0.320 e. The van der Waals surface area contributed by atoms with E-state index < -0.39 is 45.3 Å². The fourth-order valence-electron chi connectivity index (χ4n) is 12.6. The standard InChI is InChI=1S/C20H20FNO2.C19H18FNO2.C18H16F2N2O2.C15H17FO2/c1-13-7-8-16(12-22-13)15-9-10-20(11-15,19(23)24-3)17-5-4-6-18(21)14(17)2;1-12-6-7-15(11-21-12)14-8-9-19(10-14,18(22)23)16-4-3-5-17(20)13(16)2;1-11-14(3-2-4-15(11)19)18(17(23)22-24)8-7-12(9-18)13-5-6-16(20)21-10-13;1-10-7-8-15(9-10,14(17)18-3)12-5-4-6-13(16)11(12)2/h4-8,11-12H,9-10H2,1-3H3;3-7,10-11H,8-9H2,1-2H3,(H,22,23);2-6,9-10,24H,7-8H2,1H3,(H,22,23);4-6,9H,7-8H2,1-3H3/t20-;19-;18-;15-/m0000/s1. The van der Waals surface area contributed by atoms with Crippen molar-refractivity contribution in [2.45, 2.75) is 121 Å². The van der Waals surface area contributed by atoms with Gasteiger partial charge in [0.25, 0.3) is 5.91 Å². The molecule has 17 heteroatoms. The van der Waals surface area contributed by atoms with Gasteiger partial charge in [-0.2, -0.15) is 4.39 Å². The predicted octanol–water partition coefficient (Wildman–Crippen LogP) is 14.7. The molecule has 4 atom stereocenters. The summed E-state index contributed by atoms with van der Waals surface area (Å²) in [5.74, 6) is -4.20. The molecule has 0 fully saturated rings. The number of pyridine rings is 3. The van der Waals surface area contributed by atoms with E-state index in [9.17, 15) is 51.4 Å². The number of methoxy groups -OCH3 is 2. The van der Waals surface area contributed by atoms with Gasteiger partial charge in [-0.15, -0.1) is 0 Å². The molecule has 4 aliphatic rings. The first-order valence-corrected chi connectivity index (χ1v) is 29.1. The Morgan fingerprint density at radius 3 is 1.12 bits per heavy atom. The average Bonchev–Trinajstić information content (AvgIpc) is 1.78. The zero-order valence-electron chi connectivity index (χ0n) is 51.2. The number of hydroxylamine groups is 1. The molecule has 11 rings (SSSR count). The fraction of sp³-hybridized carbons (Fsp3) is 0.292. The van der Waals surface area contributed by atoms with E-state index in [1.165, 1.54) is 56.8 Å². The summed E-state index contributed by atoms with van der Waals surface area (Å²) < 4.78 is 78.6. The van der Waals surface area contributed by atoms with Crippen LogP contribution in [0.15, 0.2) is 158 Å². The van der Waals surface area contributed by atoms with Gasteiger partial charge in [-0.05, 0) is 226 Å². The summed E-state index contributed by atoms with van der Waals surface area (Å²) in [6.07, 6.45) is 17.0. The smallest absolute Gasteiger partial charge is 0.320 e. The van der Waals surface area contributed by atoms with E-state index >= 15 is 0 Å². The second-order valence-electron chi connectivity index (χ2n) is 23.0. The summed E-state index contributed by atoms with van der Waals surface area (Å²) in [5, 5.41) is 19.0. The van der Waals surface area contributed by atoms with Crippen molar-refractivity contribution in [1.82, 2.24) is 20.4 Å². The van der Waals surface area contributed by atoms with Gasteiger partial charge in [-0.25, -0.2) is 28.0 Å². The minimum Gasteiger partial charge on any atom is -0.480 e. The van der Waals surface area contributed by atoms with Crippen LogP contribution in [0.3, 0.4) is 0 Å². The van der Waals surface area contributed by atoms with Gasteiger partial charge in [-0.1, -0.05) is 90.5 Å². The maximum atomic E-state index is 14.1. The molecule has 0 spiro atoms. The van der Waals surface area contributed by atoms with Crippen molar-refractivity contribution in [2.75, 3.05) is 14.2 Å². The summed E-state index contributed by atoms with van der Waals surface area (Å²) >= 11 is 0. The Morgan fingerprint density at radius 2 is 0.775 bits per heavy atom. The lowest BCUT2D eigenvalue weighted by molar-refractivity contribution is -0.146. The van der Waals surface area contributed by atoms with Crippen LogP contribution in [0.2, 0.25) is 0 Å². The lowest BCUT2D eigenvalue weighted by atomic mass is 9.77. The van der Waals surface area contributed by atoms with Crippen LogP contribution < -0.4 is 5.48 Å². The molecule has 0 saturated carbocycles. The highest BCUT2D eigenvalue weighted by atomic mass is 19.1. The summed E-state index contributed by atoms with van der Waals surface area (Å²) in [4.78, 5) is 61.5. The number of carboxylic acids is 1. The Bertz CT molecular complexity index is 3820. The quantitative estimate of drug-likeness (QED) is 0.0280. The van der Waals surface area contributed by atoms with Crippen molar-refractivity contribution in [3.63, 3.8) is 0 Å². The third-order valence-electron chi connectivity index (χ3n) is 17.7. The lowest BCUT2D eigenvalue weighted by Crippen LogP contribution is -2.41. The molecule has 1 amide bonds. The van der Waals surface area contributed by atoms with E-state index in [1.54, 1.807) is 87.9 Å². The monoisotopic (exact) mass is 1210 g/mol. The number of nitrogens with zero attached hydrogens (tertiary/aromatic N) is 3. The third-order valence-corrected chi connectivity index (χ3v) is 17.7. The number of amides is 1. The number of esters is 2. The molecule has 3 aromatic heterocycles. The zero-order chi connectivity index (χ0) is 64.6. The number of carbonyl (C=O) groups is 4. The maximum absolute atomic E-state index is 14.1. The van der Waals surface area contributed by atoms with E-state index in [2.05, 4.69) is 15.0 Å². The number of rotatable bonds is 11. The molecule has 0 bridgehead atoms. The highest BCUT2D eigenvalue weighted by Gasteiger charge is 2.47. The summed E-state index contributed by atoms with van der Waals surface area (Å²) in [6, 6.07) is 29.5. The molecule has 7 aromatic rings. The van der Waals surface area contributed by atoms with Gasteiger partial charge in [-0.3, -0.25) is 34.4 Å². The first kappa shape index (κ1) is 65.7. The first-order valence-electron chi connectivity index (χ1n) is 29.1. The van der Waals surface area contributed by atoms with Crippen LogP contribution in [0.1, 0.15) is 131 Å². The van der Waals surface area contributed by atoms with Crippen molar-refractivity contribution < 1.29 is 60.9 Å². The van der Waals surface area contributed by atoms with Gasteiger partial charge in [0.1, 0.15) is 39.5 Å². The second-order valence-corrected chi connectivity index (χ2v) is 23.0. The number of aryl methyl sites for hydroxylation is 2. The molecule has 0 radical (unpaired) electrons. The molecule has 4 aliphatic carbocycles. The van der Waals surface area contributed by atoms with Gasteiger partial charge in [0.15, 0.2) is 0 Å². The molecular weight excluding hydrogens is 1140 g/mol. The van der Waals surface area contributed by atoms with Crippen LogP contribution in [0, 0.1) is 70.8 Å². The van der Waals surface area contributed by atoms with Gasteiger partial charge in [0.2, 0.25) is 5.95 Å². The molecule has 4 aromatic carbocycles. The molecule has 0 aliphatic heterocycles. The van der Waals surface area contributed by atoms with E-state index in [-0.39, 0.29) is 29.4 Å². The number of hydrogen-bond acceptors (Lipinski definition) is 10. The average molecular weight is 1220 g/mol. The van der Waals surface area contributed by atoms with Crippen LogP contribution in [0.5, 0.6) is 0 Å². The second kappa shape index (κ2) is 27.4. The largest absolute Gasteiger partial charge is 0.480 e. The highest BCUT2D eigenvalue weighted by molar-refractivity contribution is 5.95. The third kappa shape index (κ3) is 13.3. The number of hydrogen-bond donors (Lipinski definition) is 3. The Hall–Kier alpha value is -9.22. The van der Waals surface area contributed by atoms with Crippen LogP contribution in [0.4, 0.5) is 22.0 Å². The predicted molar refractivity (Wildman–Crippen MR) is 330 cm³/mol. The Labute approximate surface area is 515 Å². The van der Waals surface area contributed by atoms with Crippen LogP contribution in [-0.2, 0) is 50.3 Å². The topological polar surface area (TPSA) is 178 Å². The van der Waals surface area contributed by atoms with Crippen molar-refractivity contribution in [3.8, 4) is 0 Å². The molecule has 0 unspecified atom stereocenters. The summed E-state index contributed by atoms with van der Waals surface area (Å²) in [7, 11) is 2.75. The first-order chi connectivity index (χ1) is 42.4. The van der Waals surface area contributed by atoms with E-state index in [0.717, 1.165) is 57.6 Å². The highest BCUT2D eigenvalue weighted by Crippen LogP contribution is 2.48. The number of ether oxygens (including phenoxy) is 2. The van der Waals surface area contributed by atoms with Gasteiger partial charge in [0.05, 0.1) is 19.6 Å².